The van der Waals surface area contributed by atoms with Crippen LogP contribution in [0.1, 0.15) is 5.56 Å². The van der Waals surface area contributed by atoms with Crippen LogP contribution in [0.15, 0.2) is 22.7 Å². The first-order valence-electron chi connectivity index (χ1n) is 2.93. The minimum Gasteiger partial charge on any atom is -0.0831 e. The summed E-state index contributed by atoms with van der Waals surface area (Å²) in [6.07, 6.45) is 0. The normalized spacial score (nSPS) is 11.8. The van der Waals surface area contributed by atoms with Gasteiger partial charge in [-0.25, -0.2) is 0 Å². The van der Waals surface area contributed by atoms with Crippen LogP contribution in [0.5, 0.6) is 0 Å². The summed E-state index contributed by atoms with van der Waals surface area (Å²) in [6, 6.07) is 5.01. The van der Waals surface area contributed by atoms with E-state index in [1.54, 1.807) is 18.2 Å². The molecule has 1 rings (SSSR count). The third-order valence-electron chi connectivity index (χ3n) is 1.25. The molecule has 0 aliphatic rings. The smallest absolute Gasteiger partial charge is 0.0831 e. The van der Waals surface area contributed by atoms with Gasteiger partial charge in [-0.05, 0) is 28.1 Å². The Hall–Kier alpha value is 0.860. The minimum absolute atomic E-state index is 0.587. The molecule has 0 fully saturated rings. The van der Waals surface area contributed by atoms with Gasteiger partial charge in [-0.15, -0.1) is 0 Å². The SMILES string of the molecule is Clc1ccc(C(Cl)(Cl)Cl)cc1Br. The van der Waals surface area contributed by atoms with Crippen LogP contribution in [0.3, 0.4) is 0 Å². The van der Waals surface area contributed by atoms with Crippen molar-refractivity contribution in [2.24, 2.45) is 0 Å². The number of benzene rings is 1. The monoisotopic (exact) mass is 306 g/mol. The molecule has 0 spiro atoms. The molecule has 0 aliphatic heterocycles. The van der Waals surface area contributed by atoms with Crippen LogP contribution in [-0.4, -0.2) is 0 Å². The Balaban J connectivity index is 3.14. The summed E-state index contributed by atoms with van der Waals surface area (Å²) < 4.78 is -0.680. The van der Waals surface area contributed by atoms with Gasteiger partial charge in [-0.3, -0.25) is 0 Å². The molecular weight excluding hydrogens is 306 g/mol. The van der Waals surface area contributed by atoms with Crippen molar-refractivity contribution in [3.63, 3.8) is 0 Å². The van der Waals surface area contributed by atoms with Crippen LogP contribution in [0, 0.1) is 0 Å². The summed E-state index contributed by atoms with van der Waals surface area (Å²) in [5.74, 6) is 0. The van der Waals surface area contributed by atoms with Crippen LogP contribution in [-0.2, 0) is 3.79 Å². The van der Waals surface area contributed by atoms with Gasteiger partial charge in [0.25, 0.3) is 0 Å². The maximum atomic E-state index is 5.75. The van der Waals surface area contributed by atoms with Crippen molar-refractivity contribution >= 4 is 62.3 Å². The Morgan fingerprint density at radius 3 is 2.17 bits per heavy atom. The van der Waals surface area contributed by atoms with Gasteiger partial charge < -0.3 is 0 Å². The fourth-order valence-electron chi connectivity index (χ4n) is 0.672. The van der Waals surface area contributed by atoms with E-state index in [2.05, 4.69) is 15.9 Å². The van der Waals surface area contributed by atoms with Crippen molar-refractivity contribution in [2.75, 3.05) is 0 Å². The second-order valence-corrected chi connectivity index (χ2v) is 5.67. The van der Waals surface area contributed by atoms with E-state index in [-0.39, 0.29) is 0 Å². The predicted octanol–water partition coefficient (Wildman–Crippen LogP) is 4.93. The quantitative estimate of drug-likeness (QED) is 0.596. The molecule has 0 nitrogen and oxygen atoms in total. The molecule has 0 saturated heterocycles. The van der Waals surface area contributed by atoms with Gasteiger partial charge >= 0.3 is 0 Å². The second-order valence-electron chi connectivity index (χ2n) is 2.13. The molecule has 0 aliphatic carbocycles. The molecule has 1 aromatic carbocycles. The fraction of sp³-hybridized carbons (Fsp3) is 0.143. The Labute approximate surface area is 98.9 Å². The number of rotatable bonds is 0. The maximum Gasteiger partial charge on any atom is 0.216 e. The lowest BCUT2D eigenvalue weighted by Crippen LogP contribution is -1.99. The first-order chi connectivity index (χ1) is 5.41. The molecule has 0 amide bonds. The summed E-state index contributed by atoms with van der Waals surface area (Å²) in [5.41, 5.74) is 0.587. The Bertz CT molecular complexity index is 292. The van der Waals surface area contributed by atoms with Gasteiger partial charge in [0.15, 0.2) is 0 Å². The molecule has 12 heavy (non-hydrogen) atoms. The highest BCUT2D eigenvalue weighted by molar-refractivity contribution is 9.10. The van der Waals surface area contributed by atoms with Crippen molar-refractivity contribution in [1.82, 2.24) is 0 Å². The third kappa shape index (κ3) is 2.68. The lowest BCUT2D eigenvalue weighted by atomic mass is 10.2. The zero-order chi connectivity index (χ0) is 9.35. The highest BCUT2D eigenvalue weighted by atomic mass is 79.9. The Kier molecular flexibility index (Phi) is 3.58. The van der Waals surface area contributed by atoms with Gasteiger partial charge in [0.05, 0.1) is 5.02 Å². The van der Waals surface area contributed by atoms with Crippen LogP contribution >= 0.6 is 62.3 Å². The van der Waals surface area contributed by atoms with Crippen molar-refractivity contribution in [2.45, 2.75) is 3.79 Å². The van der Waals surface area contributed by atoms with Crippen molar-refractivity contribution in [3.8, 4) is 0 Å². The highest BCUT2D eigenvalue weighted by Gasteiger charge is 2.22. The van der Waals surface area contributed by atoms with E-state index in [9.17, 15) is 0 Å². The minimum atomic E-state index is -1.40. The van der Waals surface area contributed by atoms with Crippen LogP contribution in [0.25, 0.3) is 0 Å². The molecule has 0 atom stereocenters. The topological polar surface area (TPSA) is 0 Å². The standard InChI is InChI=1S/C7H3BrCl4/c8-5-3-4(7(10,11)12)1-2-6(5)9/h1-3H. The van der Waals surface area contributed by atoms with Crippen molar-refractivity contribution < 1.29 is 0 Å². The molecule has 0 heterocycles. The predicted molar refractivity (Wildman–Crippen MR) is 58.4 cm³/mol. The average Bonchev–Trinajstić information content (AvgIpc) is 1.92. The van der Waals surface area contributed by atoms with Crippen LogP contribution in [0.4, 0.5) is 0 Å². The molecule has 5 heteroatoms. The Morgan fingerprint density at radius 2 is 1.75 bits per heavy atom. The molecule has 1 aromatic rings. The third-order valence-corrected chi connectivity index (χ3v) is 3.12. The fourth-order valence-corrected chi connectivity index (χ4v) is 1.52. The summed E-state index contributed by atoms with van der Waals surface area (Å²) in [6.45, 7) is 0. The number of hydrogen-bond acceptors (Lipinski definition) is 0. The van der Waals surface area contributed by atoms with Crippen molar-refractivity contribution in [3.05, 3.63) is 33.3 Å². The van der Waals surface area contributed by atoms with Crippen molar-refractivity contribution in [1.29, 1.82) is 0 Å². The first-order valence-corrected chi connectivity index (χ1v) is 5.24. The summed E-state index contributed by atoms with van der Waals surface area (Å²) in [5, 5.41) is 0.591. The van der Waals surface area contributed by atoms with E-state index in [1.165, 1.54) is 0 Å². The number of halogens is 5. The van der Waals surface area contributed by atoms with Gasteiger partial charge in [0, 0.05) is 10.0 Å². The average molecular weight is 309 g/mol. The van der Waals surface area contributed by atoms with E-state index in [1.807, 2.05) is 0 Å². The first kappa shape index (κ1) is 10.9. The molecule has 0 aromatic heterocycles. The van der Waals surface area contributed by atoms with E-state index in [0.717, 1.165) is 0 Å². The van der Waals surface area contributed by atoms with E-state index >= 15 is 0 Å². The van der Waals surface area contributed by atoms with Crippen LogP contribution < -0.4 is 0 Å². The largest absolute Gasteiger partial charge is 0.216 e. The molecule has 0 saturated carbocycles. The van der Waals surface area contributed by atoms with Gasteiger partial charge in [0.1, 0.15) is 0 Å². The molecular formula is C7H3BrCl4. The molecule has 0 N–H and O–H groups in total. The summed E-state index contributed by atoms with van der Waals surface area (Å²) >= 11 is 25.9. The van der Waals surface area contributed by atoms with Crippen LogP contribution in [0.2, 0.25) is 5.02 Å². The zero-order valence-electron chi connectivity index (χ0n) is 5.62. The number of hydrogen-bond donors (Lipinski definition) is 0. The lowest BCUT2D eigenvalue weighted by molar-refractivity contribution is 1.24. The van der Waals surface area contributed by atoms with E-state index in [4.69, 9.17) is 46.4 Å². The molecule has 0 unspecified atom stereocenters. The molecule has 0 bridgehead atoms. The lowest BCUT2D eigenvalue weighted by Gasteiger charge is -2.11. The van der Waals surface area contributed by atoms with E-state index < -0.39 is 3.79 Å². The second kappa shape index (κ2) is 3.93. The Morgan fingerprint density at radius 1 is 1.17 bits per heavy atom. The zero-order valence-corrected chi connectivity index (χ0v) is 10.2. The van der Waals surface area contributed by atoms with Gasteiger partial charge in [-0.2, -0.15) is 0 Å². The maximum absolute atomic E-state index is 5.75. The summed E-state index contributed by atoms with van der Waals surface area (Å²) in [7, 11) is 0. The van der Waals surface area contributed by atoms with Gasteiger partial charge in [0.2, 0.25) is 3.79 Å². The summed E-state index contributed by atoms with van der Waals surface area (Å²) in [4.78, 5) is 0. The van der Waals surface area contributed by atoms with Gasteiger partial charge in [-0.1, -0.05) is 52.5 Å². The molecule has 0 radical (unpaired) electrons. The highest BCUT2D eigenvalue weighted by Crippen LogP contribution is 2.40. The molecule has 66 valence electrons. The number of alkyl halides is 3. The van der Waals surface area contributed by atoms with E-state index in [0.29, 0.717) is 15.1 Å².